The number of carbonyl (C=O) groups excluding carboxylic acids is 1. The molecule has 0 unspecified atom stereocenters. The van der Waals surface area contributed by atoms with Crippen molar-refractivity contribution >= 4 is 45.7 Å². The van der Waals surface area contributed by atoms with Gasteiger partial charge in [-0.05, 0) is 48.2 Å². The Morgan fingerprint density at radius 2 is 1.66 bits per heavy atom. The van der Waals surface area contributed by atoms with Crippen LogP contribution in [0.5, 0.6) is 0 Å². The fourth-order valence-corrected chi connectivity index (χ4v) is 4.65. The summed E-state index contributed by atoms with van der Waals surface area (Å²) in [5, 5.41) is 6.30. The molecule has 2 aromatic carbocycles. The van der Waals surface area contributed by atoms with Crippen LogP contribution < -0.4 is 15.5 Å². The first-order valence-corrected chi connectivity index (χ1v) is 12.2. The molecule has 1 aliphatic heterocycles. The smallest absolute Gasteiger partial charge is 0.378 e. The molecule has 0 spiro atoms. The van der Waals surface area contributed by atoms with Gasteiger partial charge in [0.15, 0.2) is 0 Å². The highest BCUT2D eigenvalue weighted by Crippen LogP contribution is 2.36. The molecule has 2 aromatic heterocycles. The number of hydrogen-bond acceptors (Lipinski definition) is 5. The predicted molar refractivity (Wildman–Crippen MR) is 142 cm³/mol. The molecular weight excluding hydrogens is 519 g/mol. The normalized spacial score (nSPS) is 14.0. The SMILES string of the molecule is Cc1nc(N2CCOCC2)ccc1-c1ccc(NC(=O)Nc2cc(C(F)(F)F)cc(Cl)n2)c2ccccc12. The second-order valence-corrected chi connectivity index (χ2v) is 9.14. The van der Waals surface area contributed by atoms with Crippen LogP contribution in [0.15, 0.2) is 60.7 Å². The van der Waals surface area contributed by atoms with Crippen LogP contribution in [-0.2, 0) is 10.9 Å². The van der Waals surface area contributed by atoms with Crippen molar-refractivity contribution in [2.75, 3.05) is 41.8 Å². The molecule has 7 nitrogen and oxygen atoms in total. The number of alkyl halides is 3. The summed E-state index contributed by atoms with van der Waals surface area (Å²) in [7, 11) is 0. The van der Waals surface area contributed by atoms with Crippen molar-refractivity contribution in [2.45, 2.75) is 13.1 Å². The lowest BCUT2D eigenvalue weighted by molar-refractivity contribution is -0.137. The van der Waals surface area contributed by atoms with Crippen molar-refractivity contribution in [1.29, 1.82) is 0 Å². The van der Waals surface area contributed by atoms with Crippen molar-refractivity contribution in [3.05, 3.63) is 77.1 Å². The summed E-state index contributed by atoms with van der Waals surface area (Å²) in [5.74, 6) is 0.586. The van der Waals surface area contributed by atoms with Crippen molar-refractivity contribution in [3.8, 4) is 11.1 Å². The van der Waals surface area contributed by atoms with E-state index in [4.69, 9.17) is 21.3 Å². The molecule has 0 bridgehead atoms. The molecule has 2 N–H and O–H groups in total. The number of ether oxygens (including phenoxy) is 1. The van der Waals surface area contributed by atoms with E-state index in [9.17, 15) is 18.0 Å². The summed E-state index contributed by atoms with van der Waals surface area (Å²) >= 11 is 5.72. The van der Waals surface area contributed by atoms with Gasteiger partial charge in [0.1, 0.15) is 16.8 Å². The van der Waals surface area contributed by atoms with Crippen LogP contribution in [0.3, 0.4) is 0 Å². The quantitative estimate of drug-likeness (QED) is 0.279. The standard InChI is InChI=1S/C27H23ClF3N5O2/c1-16-18(7-9-25(32-16)36-10-12-38-13-11-36)20-6-8-22(21-5-3-2-4-19(20)21)33-26(37)35-24-15-17(27(29,30)31)14-23(28)34-24/h2-9,14-15H,10-13H2,1H3,(H2,33,34,35,37). The number of nitrogens with zero attached hydrogens (tertiary/aromatic N) is 3. The first kappa shape index (κ1) is 25.7. The van der Waals surface area contributed by atoms with Gasteiger partial charge in [0.05, 0.1) is 24.5 Å². The topological polar surface area (TPSA) is 79.4 Å². The first-order chi connectivity index (χ1) is 18.2. The van der Waals surface area contributed by atoms with Crippen molar-refractivity contribution in [1.82, 2.24) is 9.97 Å². The Bertz CT molecular complexity index is 1510. The van der Waals surface area contributed by atoms with E-state index in [2.05, 4.69) is 20.5 Å². The van der Waals surface area contributed by atoms with Crippen molar-refractivity contribution in [3.63, 3.8) is 0 Å². The highest BCUT2D eigenvalue weighted by atomic mass is 35.5. The van der Waals surface area contributed by atoms with Gasteiger partial charge in [-0.1, -0.05) is 41.9 Å². The molecule has 3 heterocycles. The molecule has 2 amide bonds. The first-order valence-electron chi connectivity index (χ1n) is 11.8. The molecule has 0 saturated carbocycles. The molecule has 11 heteroatoms. The maximum Gasteiger partial charge on any atom is 0.416 e. The van der Waals surface area contributed by atoms with Gasteiger partial charge >= 0.3 is 12.2 Å². The average Bonchev–Trinajstić information content (AvgIpc) is 2.89. The summed E-state index contributed by atoms with van der Waals surface area (Å²) in [5.41, 5.74) is 2.24. The summed E-state index contributed by atoms with van der Waals surface area (Å²) in [6, 6.07) is 15.9. The Morgan fingerprint density at radius 3 is 2.37 bits per heavy atom. The minimum Gasteiger partial charge on any atom is -0.378 e. The Morgan fingerprint density at radius 1 is 0.947 bits per heavy atom. The van der Waals surface area contributed by atoms with E-state index < -0.39 is 17.8 Å². The van der Waals surface area contributed by atoms with Crippen LogP contribution in [-0.4, -0.2) is 42.3 Å². The summed E-state index contributed by atoms with van der Waals surface area (Å²) < 4.78 is 44.7. The molecule has 0 atom stereocenters. The number of benzene rings is 2. The van der Waals surface area contributed by atoms with Crippen LogP contribution in [0.2, 0.25) is 5.15 Å². The van der Waals surface area contributed by atoms with Crippen LogP contribution in [0.25, 0.3) is 21.9 Å². The largest absolute Gasteiger partial charge is 0.416 e. The fourth-order valence-electron chi connectivity index (χ4n) is 4.44. The molecule has 1 aliphatic rings. The summed E-state index contributed by atoms with van der Waals surface area (Å²) in [6.45, 7) is 4.89. The summed E-state index contributed by atoms with van der Waals surface area (Å²) in [4.78, 5) is 23.5. The number of carbonyl (C=O) groups is 1. The maximum absolute atomic E-state index is 13.1. The predicted octanol–water partition coefficient (Wildman–Crippen LogP) is 6.76. The van der Waals surface area contributed by atoms with Gasteiger partial charge in [-0.25, -0.2) is 14.8 Å². The van der Waals surface area contributed by atoms with Gasteiger partial charge < -0.3 is 15.0 Å². The molecule has 1 fully saturated rings. The molecule has 5 rings (SSSR count). The number of nitrogens with one attached hydrogen (secondary N) is 2. The van der Waals surface area contributed by atoms with E-state index in [1.54, 1.807) is 6.07 Å². The van der Waals surface area contributed by atoms with Crippen molar-refractivity contribution in [2.24, 2.45) is 0 Å². The summed E-state index contributed by atoms with van der Waals surface area (Å²) in [6.07, 6.45) is -4.63. The van der Waals surface area contributed by atoms with E-state index >= 15 is 0 Å². The van der Waals surface area contributed by atoms with Gasteiger partial charge in [-0.3, -0.25) is 5.32 Å². The highest BCUT2D eigenvalue weighted by Gasteiger charge is 2.31. The number of rotatable bonds is 4. The van der Waals surface area contributed by atoms with E-state index in [-0.39, 0.29) is 11.0 Å². The minimum absolute atomic E-state index is 0.315. The van der Waals surface area contributed by atoms with E-state index in [0.29, 0.717) is 25.0 Å². The average molecular weight is 542 g/mol. The number of urea groups is 1. The lowest BCUT2D eigenvalue weighted by atomic mass is 9.96. The molecule has 196 valence electrons. The molecule has 1 saturated heterocycles. The van der Waals surface area contributed by atoms with E-state index in [1.165, 1.54) is 0 Å². The lowest BCUT2D eigenvalue weighted by Crippen LogP contribution is -2.36. The molecular formula is C27H23ClF3N5O2. The third-order valence-electron chi connectivity index (χ3n) is 6.23. The number of hydrogen-bond donors (Lipinski definition) is 2. The zero-order chi connectivity index (χ0) is 26.9. The van der Waals surface area contributed by atoms with Gasteiger partial charge in [0.2, 0.25) is 0 Å². The zero-order valence-corrected chi connectivity index (χ0v) is 21.0. The molecule has 0 radical (unpaired) electrons. The monoisotopic (exact) mass is 541 g/mol. The van der Waals surface area contributed by atoms with Crippen LogP contribution >= 0.6 is 11.6 Å². The minimum atomic E-state index is -4.63. The van der Waals surface area contributed by atoms with Crippen LogP contribution in [0.4, 0.5) is 35.3 Å². The second kappa shape index (κ2) is 10.5. The third-order valence-corrected chi connectivity index (χ3v) is 6.43. The number of aromatic nitrogens is 2. The van der Waals surface area contributed by atoms with E-state index in [0.717, 1.165) is 52.6 Å². The van der Waals surface area contributed by atoms with E-state index in [1.807, 2.05) is 49.4 Å². The lowest BCUT2D eigenvalue weighted by Gasteiger charge is -2.28. The highest BCUT2D eigenvalue weighted by molar-refractivity contribution is 6.29. The van der Waals surface area contributed by atoms with Gasteiger partial charge in [-0.2, -0.15) is 13.2 Å². The Labute approximate surface area is 221 Å². The molecule has 38 heavy (non-hydrogen) atoms. The zero-order valence-electron chi connectivity index (χ0n) is 20.3. The number of amides is 2. The number of morpholine rings is 1. The van der Waals surface area contributed by atoms with Gasteiger partial charge in [-0.15, -0.1) is 0 Å². The number of fused-ring (bicyclic) bond motifs is 1. The number of halogens is 4. The van der Waals surface area contributed by atoms with Gasteiger partial charge in [0.25, 0.3) is 0 Å². The number of pyridine rings is 2. The fraction of sp³-hybridized carbons (Fsp3) is 0.222. The third kappa shape index (κ3) is 5.51. The van der Waals surface area contributed by atoms with Gasteiger partial charge in [0, 0.05) is 29.7 Å². The number of anilines is 3. The van der Waals surface area contributed by atoms with Crippen LogP contribution in [0, 0.1) is 6.92 Å². The number of aryl methyl sites for hydroxylation is 1. The van der Waals surface area contributed by atoms with Crippen molar-refractivity contribution < 1.29 is 22.7 Å². The Balaban J connectivity index is 1.41. The van der Waals surface area contributed by atoms with Crippen LogP contribution in [0.1, 0.15) is 11.3 Å². The Kier molecular flexibility index (Phi) is 7.09. The Hall–Kier alpha value is -3.89. The second-order valence-electron chi connectivity index (χ2n) is 8.75. The molecule has 0 aliphatic carbocycles. The molecule has 4 aromatic rings. The maximum atomic E-state index is 13.1.